The van der Waals surface area contributed by atoms with Crippen molar-refractivity contribution in [2.45, 2.75) is 57.1 Å². The van der Waals surface area contributed by atoms with Gasteiger partial charge in [0.2, 0.25) is 5.91 Å². The first kappa shape index (κ1) is 21.2. The SMILES string of the molecule is COC(=O)Nc1cnc(N2CCC[C@]3(CCN([C@H]4CC[C@@H](O)CC4)C3=O)C2)c(Cl)c1. The Bertz CT molecular complexity index is 814. The van der Waals surface area contributed by atoms with Gasteiger partial charge in [-0.1, -0.05) is 11.6 Å². The van der Waals surface area contributed by atoms with E-state index in [4.69, 9.17) is 11.6 Å². The topological polar surface area (TPSA) is 95.0 Å². The number of nitrogens with one attached hydrogen (secondary N) is 1. The van der Waals surface area contributed by atoms with Crippen LogP contribution in [0.5, 0.6) is 0 Å². The molecule has 1 saturated carbocycles. The van der Waals surface area contributed by atoms with Gasteiger partial charge in [-0.3, -0.25) is 10.1 Å². The Morgan fingerprint density at radius 1 is 1.30 bits per heavy atom. The molecule has 0 bridgehead atoms. The van der Waals surface area contributed by atoms with Crippen molar-refractivity contribution >= 4 is 35.1 Å². The summed E-state index contributed by atoms with van der Waals surface area (Å²) >= 11 is 6.47. The van der Waals surface area contributed by atoms with Crippen LogP contribution in [0.1, 0.15) is 44.9 Å². The van der Waals surface area contributed by atoms with Crippen LogP contribution < -0.4 is 10.2 Å². The maximum atomic E-state index is 13.5. The second kappa shape index (κ2) is 8.59. The highest BCUT2D eigenvalue weighted by atomic mass is 35.5. The fraction of sp³-hybridized carbons (Fsp3) is 0.667. The van der Waals surface area contributed by atoms with E-state index in [0.717, 1.165) is 58.0 Å². The third kappa shape index (κ3) is 4.07. The molecule has 1 spiro atoms. The number of carbonyl (C=O) groups excluding carboxylic acids is 2. The normalized spacial score (nSPS) is 29.4. The molecule has 2 amide bonds. The second-order valence-electron chi connectivity index (χ2n) is 8.66. The molecular weight excluding hydrogens is 408 g/mol. The van der Waals surface area contributed by atoms with Crippen molar-refractivity contribution in [3.05, 3.63) is 17.3 Å². The highest BCUT2D eigenvalue weighted by Crippen LogP contribution is 2.44. The number of amides is 2. The number of likely N-dealkylation sites (tertiary alicyclic amines) is 1. The molecule has 0 aromatic carbocycles. The molecule has 9 heteroatoms. The number of hydrogen-bond acceptors (Lipinski definition) is 6. The van der Waals surface area contributed by atoms with Crippen molar-refractivity contribution < 1.29 is 19.4 Å². The van der Waals surface area contributed by atoms with Gasteiger partial charge in [-0.2, -0.15) is 0 Å². The number of carbonyl (C=O) groups is 2. The molecule has 30 heavy (non-hydrogen) atoms. The van der Waals surface area contributed by atoms with Gasteiger partial charge in [-0.15, -0.1) is 0 Å². The number of nitrogens with zero attached hydrogens (tertiary/aromatic N) is 3. The lowest BCUT2D eigenvalue weighted by Crippen LogP contribution is -2.50. The van der Waals surface area contributed by atoms with Crippen molar-refractivity contribution in [2.24, 2.45) is 5.41 Å². The van der Waals surface area contributed by atoms with Gasteiger partial charge in [-0.05, 0) is 51.0 Å². The number of anilines is 2. The fourth-order valence-corrected chi connectivity index (χ4v) is 5.44. The van der Waals surface area contributed by atoms with Gasteiger partial charge in [0.25, 0.3) is 0 Å². The predicted octanol–water partition coefficient (Wildman–Crippen LogP) is 3.04. The van der Waals surface area contributed by atoms with E-state index in [1.165, 1.54) is 7.11 Å². The molecule has 4 rings (SSSR count). The maximum Gasteiger partial charge on any atom is 0.411 e. The fourth-order valence-electron chi connectivity index (χ4n) is 5.16. The van der Waals surface area contributed by atoms with Crippen LogP contribution in [-0.4, -0.2) is 65.9 Å². The van der Waals surface area contributed by atoms with Gasteiger partial charge < -0.3 is 19.6 Å². The van der Waals surface area contributed by atoms with Crippen LogP contribution >= 0.6 is 11.6 Å². The molecule has 164 valence electrons. The molecule has 3 aliphatic rings. The van der Waals surface area contributed by atoms with E-state index in [1.807, 2.05) is 0 Å². The summed E-state index contributed by atoms with van der Waals surface area (Å²) in [6, 6.07) is 1.90. The van der Waals surface area contributed by atoms with E-state index in [-0.39, 0.29) is 23.5 Å². The number of aliphatic hydroxyl groups excluding tert-OH is 1. The third-order valence-corrected chi connectivity index (χ3v) is 7.06. The van der Waals surface area contributed by atoms with Gasteiger partial charge in [0.15, 0.2) is 0 Å². The third-order valence-electron chi connectivity index (χ3n) is 6.78. The van der Waals surface area contributed by atoms with E-state index in [0.29, 0.717) is 23.1 Å². The number of methoxy groups -OCH3 is 1. The first-order valence-electron chi connectivity index (χ1n) is 10.7. The van der Waals surface area contributed by atoms with Crippen LogP contribution in [0.15, 0.2) is 12.3 Å². The van der Waals surface area contributed by atoms with Crippen molar-refractivity contribution in [1.29, 1.82) is 0 Å². The van der Waals surface area contributed by atoms with Crippen LogP contribution in [-0.2, 0) is 9.53 Å². The first-order valence-corrected chi connectivity index (χ1v) is 11.0. The van der Waals surface area contributed by atoms with Crippen LogP contribution in [0.2, 0.25) is 5.02 Å². The molecule has 2 N–H and O–H groups in total. The second-order valence-corrected chi connectivity index (χ2v) is 9.07. The Labute approximate surface area is 181 Å². The zero-order valence-corrected chi connectivity index (χ0v) is 18.0. The summed E-state index contributed by atoms with van der Waals surface area (Å²) in [6.07, 6.45) is 6.71. The average molecular weight is 437 g/mol. The molecule has 1 atom stereocenters. The molecule has 3 fully saturated rings. The standard InChI is InChI=1S/C21H29ClN4O4/c1-30-20(29)24-14-11-17(22)18(23-12-14)25-9-2-7-21(13-25)8-10-26(19(21)28)15-3-5-16(27)6-4-15/h11-12,15-16,27H,2-10,13H2,1H3,(H,24,29)/t15-,16+,21-/m0/s1. The number of aromatic nitrogens is 1. The van der Waals surface area contributed by atoms with E-state index >= 15 is 0 Å². The van der Waals surface area contributed by atoms with Crippen molar-refractivity contribution in [3.63, 3.8) is 0 Å². The smallest absolute Gasteiger partial charge is 0.411 e. The van der Waals surface area contributed by atoms with Gasteiger partial charge in [0, 0.05) is 25.7 Å². The monoisotopic (exact) mass is 436 g/mol. The van der Waals surface area contributed by atoms with Crippen LogP contribution in [0.4, 0.5) is 16.3 Å². The van der Waals surface area contributed by atoms with E-state index in [2.05, 4.69) is 24.8 Å². The van der Waals surface area contributed by atoms with E-state index in [9.17, 15) is 14.7 Å². The Kier molecular flexibility index (Phi) is 6.06. The summed E-state index contributed by atoms with van der Waals surface area (Å²) in [7, 11) is 1.29. The molecule has 2 saturated heterocycles. The zero-order chi connectivity index (χ0) is 21.3. The minimum absolute atomic E-state index is 0.219. The number of ether oxygens (including phenoxy) is 1. The van der Waals surface area contributed by atoms with Crippen molar-refractivity contribution in [2.75, 3.05) is 37.0 Å². The van der Waals surface area contributed by atoms with Gasteiger partial charge >= 0.3 is 6.09 Å². The molecule has 0 radical (unpaired) electrons. The summed E-state index contributed by atoms with van der Waals surface area (Å²) in [5, 5.41) is 12.8. The number of piperidine rings is 1. The number of hydrogen-bond donors (Lipinski definition) is 2. The minimum Gasteiger partial charge on any atom is -0.453 e. The molecule has 1 aliphatic carbocycles. The number of pyridine rings is 1. The minimum atomic E-state index is -0.579. The largest absolute Gasteiger partial charge is 0.453 e. The number of rotatable bonds is 3. The summed E-state index contributed by atoms with van der Waals surface area (Å²) in [6.45, 7) is 2.19. The molecule has 1 aromatic heterocycles. The summed E-state index contributed by atoms with van der Waals surface area (Å²) in [5.74, 6) is 0.881. The van der Waals surface area contributed by atoms with Crippen molar-refractivity contribution in [1.82, 2.24) is 9.88 Å². The molecule has 2 aliphatic heterocycles. The quantitative estimate of drug-likeness (QED) is 0.756. The summed E-state index contributed by atoms with van der Waals surface area (Å²) in [5.41, 5.74) is 0.0762. The average Bonchev–Trinajstić information content (AvgIpc) is 3.04. The van der Waals surface area contributed by atoms with Crippen molar-refractivity contribution in [3.8, 4) is 0 Å². The Hall–Kier alpha value is -2.06. The lowest BCUT2D eigenvalue weighted by Gasteiger charge is -2.41. The highest BCUT2D eigenvalue weighted by Gasteiger charge is 2.51. The molecule has 8 nitrogen and oxygen atoms in total. The maximum absolute atomic E-state index is 13.5. The predicted molar refractivity (Wildman–Crippen MR) is 114 cm³/mol. The van der Waals surface area contributed by atoms with Crippen LogP contribution in [0, 0.1) is 5.41 Å². The number of halogens is 1. The highest BCUT2D eigenvalue weighted by molar-refractivity contribution is 6.33. The molecule has 0 unspecified atom stereocenters. The Morgan fingerprint density at radius 2 is 2.07 bits per heavy atom. The Morgan fingerprint density at radius 3 is 2.77 bits per heavy atom. The molecule has 3 heterocycles. The lowest BCUT2D eigenvalue weighted by atomic mass is 9.78. The number of aliphatic hydroxyl groups is 1. The molecular formula is C21H29ClN4O4. The van der Waals surface area contributed by atoms with E-state index < -0.39 is 6.09 Å². The first-order chi connectivity index (χ1) is 14.4. The zero-order valence-electron chi connectivity index (χ0n) is 17.3. The van der Waals surface area contributed by atoms with Crippen LogP contribution in [0.3, 0.4) is 0 Å². The van der Waals surface area contributed by atoms with Gasteiger partial charge in [-0.25, -0.2) is 9.78 Å². The molecule has 1 aromatic rings. The lowest BCUT2D eigenvalue weighted by molar-refractivity contribution is -0.139. The van der Waals surface area contributed by atoms with E-state index in [1.54, 1.807) is 12.3 Å². The summed E-state index contributed by atoms with van der Waals surface area (Å²) in [4.78, 5) is 33.5. The van der Waals surface area contributed by atoms with Gasteiger partial charge in [0.05, 0.1) is 35.5 Å². The Balaban J connectivity index is 1.47. The van der Waals surface area contributed by atoms with Crippen LogP contribution in [0.25, 0.3) is 0 Å². The summed E-state index contributed by atoms with van der Waals surface area (Å²) < 4.78 is 4.59. The van der Waals surface area contributed by atoms with Gasteiger partial charge in [0.1, 0.15) is 5.82 Å².